The number of amides is 1. The molecule has 1 amide bonds. The van der Waals surface area contributed by atoms with Gasteiger partial charge in [0.25, 0.3) is 5.91 Å². The summed E-state index contributed by atoms with van der Waals surface area (Å²) in [5, 5.41) is 2.70. The molecule has 7 nitrogen and oxygen atoms in total. The van der Waals surface area contributed by atoms with E-state index in [-0.39, 0.29) is 5.91 Å². The number of anilines is 1. The van der Waals surface area contributed by atoms with Crippen LogP contribution in [0.4, 0.5) is 5.82 Å². The summed E-state index contributed by atoms with van der Waals surface area (Å²) < 4.78 is 15.1. The minimum absolute atomic E-state index is 0.304. The number of carbonyl (C=O) groups excluding carboxylic acids is 2. The van der Waals surface area contributed by atoms with Crippen LogP contribution >= 0.6 is 0 Å². The lowest BCUT2D eigenvalue weighted by Crippen LogP contribution is -2.16. The van der Waals surface area contributed by atoms with E-state index in [0.29, 0.717) is 41.5 Å². The monoisotopic (exact) mass is 344 g/mol. The van der Waals surface area contributed by atoms with Gasteiger partial charge in [-0.25, -0.2) is 9.78 Å². The molecule has 0 radical (unpaired) electrons. The molecule has 0 aliphatic carbocycles. The van der Waals surface area contributed by atoms with Crippen molar-refractivity contribution in [2.45, 2.75) is 6.92 Å². The third kappa shape index (κ3) is 4.77. The summed E-state index contributed by atoms with van der Waals surface area (Å²) in [5.41, 5.74) is 1.30. The number of nitrogens with one attached hydrogen (secondary N) is 1. The molecule has 25 heavy (non-hydrogen) atoms. The second-order valence-electron chi connectivity index (χ2n) is 5.15. The third-order valence-electron chi connectivity index (χ3n) is 3.49. The second kappa shape index (κ2) is 8.79. The molecule has 0 bridgehead atoms. The summed E-state index contributed by atoms with van der Waals surface area (Å²) in [7, 11) is 2.89. The molecule has 1 N–H and O–H groups in total. The highest BCUT2D eigenvalue weighted by molar-refractivity contribution is 6.05. The molecule has 0 spiro atoms. The summed E-state index contributed by atoms with van der Waals surface area (Å²) >= 11 is 0. The zero-order valence-electron chi connectivity index (χ0n) is 14.4. The molecule has 0 aliphatic heterocycles. The molecule has 0 saturated heterocycles. The van der Waals surface area contributed by atoms with Crippen LogP contribution in [0, 0.1) is 6.92 Å². The van der Waals surface area contributed by atoms with E-state index in [1.807, 2.05) is 0 Å². The number of ether oxygens (including phenoxy) is 3. The third-order valence-corrected chi connectivity index (χ3v) is 3.49. The van der Waals surface area contributed by atoms with Crippen molar-refractivity contribution in [3.8, 4) is 5.75 Å². The number of aromatic nitrogens is 1. The Morgan fingerprint density at radius 1 is 1.16 bits per heavy atom. The Morgan fingerprint density at radius 2 is 1.96 bits per heavy atom. The number of benzene rings is 1. The molecule has 0 unspecified atom stereocenters. The molecule has 132 valence electrons. The van der Waals surface area contributed by atoms with Gasteiger partial charge in [-0.1, -0.05) is 6.07 Å². The predicted molar refractivity (Wildman–Crippen MR) is 92.1 cm³/mol. The van der Waals surface area contributed by atoms with Crippen molar-refractivity contribution in [1.82, 2.24) is 4.98 Å². The van der Waals surface area contributed by atoms with E-state index >= 15 is 0 Å². The molecule has 2 rings (SSSR count). The van der Waals surface area contributed by atoms with Gasteiger partial charge in [0.05, 0.1) is 19.3 Å². The smallest absolute Gasteiger partial charge is 0.338 e. The SMILES string of the molecule is COCCOc1cccc(C(=O)Nc2nccc(C(=O)OC)c2C)c1. The highest BCUT2D eigenvalue weighted by Gasteiger charge is 2.15. The van der Waals surface area contributed by atoms with E-state index < -0.39 is 5.97 Å². The molecular formula is C18H20N2O5. The first-order chi connectivity index (χ1) is 12.1. The fourth-order valence-corrected chi connectivity index (χ4v) is 2.14. The van der Waals surface area contributed by atoms with Gasteiger partial charge in [-0.2, -0.15) is 0 Å². The lowest BCUT2D eigenvalue weighted by Gasteiger charge is -2.11. The summed E-state index contributed by atoms with van der Waals surface area (Å²) in [5.74, 6) is 0.0371. The Kier molecular flexibility index (Phi) is 6.47. The number of rotatable bonds is 7. The van der Waals surface area contributed by atoms with E-state index in [9.17, 15) is 9.59 Å². The number of methoxy groups -OCH3 is 2. The van der Waals surface area contributed by atoms with Gasteiger partial charge >= 0.3 is 5.97 Å². The highest BCUT2D eigenvalue weighted by Crippen LogP contribution is 2.19. The molecule has 1 aromatic carbocycles. The molecule has 0 fully saturated rings. The number of carbonyl (C=O) groups is 2. The molecule has 7 heteroatoms. The van der Waals surface area contributed by atoms with E-state index in [1.165, 1.54) is 13.3 Å². The highest BCUT2D eigenvalue weighted by atomic mass is 16.5. The van der Waals surface area contributed by atoms with Gasteiger partial charge in [-0.15, -0.1) is 0 Å². The van der Waals surface area contributed by atoms with Gasteiger partial charge < -0.3 is 19.5 Å². The van der Waals surface area contributed by atoms with Crippen LogP contribution < -0.4 is 10.1 Å². The quantitative estimate of drug-likeness (QED) is 0.613. The van der Waals surface area contributed by atoms with Gasteiger partial charge in [0, 0.05) is 24.4 Å². The van der Waals surface area contributed by atoms with Crippen LogP contribution in [-0.4, -0.2) is 44.3 Å². The summed E-state index contributed by atoms with van der Waals surface area (Å²) in [4.78, 5) is 28.3. The second-order valence-corrected chi connectivity index (χ2v) is 5.15. The molecule has 0 atom stereocenters. The molecule has 2 aromatic rings. The first-order valence-corrected chi connectivity index (χ1v) is 7.64. The Bertz CT molecular complexity index is 761. The van der Waals surface area contributed by atoms with Crippen molar-refractivity contribution in [2.75, 3.05) is 32.8 Å². The number of esters is 1. The van der Waals surface area contributed by atoms with Crippen LogP contribution in [0.3, 0.4) is 0 Å². The maximum absolute atomic E-state index is 12.5. The van der Waals surface area contributed by atoms with Gasteiger partial charge in [0.1, 0.15) is 18.2 Å². The van der Waals surface area contributed by atoms with Crippen LogP contribution in [0.5, 0.6) is 5.75 Å². The molecular weight excluding hydrogens is 324 g/mol. The van der Waals surface area contributed by atoms with Crippen molar-refractivity contribution >= 4 is 17.7 Å². The van der Waals surface area contributed by atoms with Crippen LogP contribution in [0.25, 0.3) is 0 Å². The van der Waals surface area contributed by atoms with Crippen molar-refractivity contribution in [3.05, 3.63) is 53.2 Å². The molecule has 1 heterocycles. The number of hydrogen-bond donors (Lipinski definition) is 1. The zero-order valence-corrected chi connectivity index (χ0v) is 14.4. The van der Waals surface area contributed by atoms with Crippen molar-refractivity contribution in [3.63, 3.8) is 0 Å². The number of pyridine rings is 1. The number of nitrogens with zero attached hydrogens (tertiary/aromatic N) is 1. The molecule has 0 aliphatic rings. The van der Waals surface area contributed by atoms with Crippen molar-refractivity contribution < 1.29 is 23.8 Å². The topological polar surface area (TPSA) is 86.8 Å². The molecule has 0 saturated carbocycles. The van der Waals surface area contributed by atoms with Gasteiger partial charge in [-0.3, -0.25) is 4.79 Å². The van der Waals surface area contributed by atoms with E-state index in [2.05, 4.69) is 10.3 Å². The summed E-state index contributed by atoms with van der Waals surface area (Å²) in [6.45, 7) is 2.54. The zero-order chi connectivity index (χ0) is 18.2. The fourth-order valence-electron chi connectivity index (χ4n) is 2.14. The van der Waals surface area contributed by atoms with E-state index in [1.54, 1.807) is 44.4 Å². The minimum Gasteiger partial charge on any atom is -0.491 e. The lowest BCUT2D eigenvalue weighted by molar-refractivity contribution is 0.0599. The standard InChI is InChI=1S/C18H20N2O5/c1-12-15(18(22)24-3)7-8-19-16(12)20-17(21)13-5-4-6-14(11-13)25-10-9-23-2/h4-8,11H,9-10H2,1-3H3,(H,19,20,21). The van der Waals surface area contributed by atoms with Crippen molar-refractivity contribution in [2.24, 2.45) is 0 Å². The van der Waals surface area contributed by atoms with Gasteiger partial charge in [-0.05, 0) is 31.2 Å². The maximum atomic E-state index is 12.5. The first kappa shape index (κ1) is 18.4. The first-order valence-electron chi connectivity index (χ1n) is 7.64. The lowest BCUT2D eigenvalue weighted by atomic mass is 10.1. The normalized spacial score (nSPS) is 10.2. The van der Waals surface area contributed by atoms with Crippen LogP contribution in [0.2, 0.25) is 0 Å². The maximum Gasteiger partial charge on any atom is 0.338 e. The van der Waals surface area contributed by atoms with Crippen LogP contribution in [0.1, 0.15) is 26.3 Å². The average Bonchev–Trinajstić information content (AvgIpc) is 2.63. The van der Waals surface area contributed by atoms with Crippen LogP contribution in [-0.2, 0) is 9.47 Å². The number of hydrogen-bond acceptors (Lipinski definition) is 6. The van der Waals surface area contributed by atoms with E-state index in [4.69, 9.17) is 14.2 Å². The van der Waals surface area contributed by atoms with Crippen molar-refractivity contribution in [1.29, 1.82) is 0 Å². The summed E-state index contributed by atoms with van der Waals surface area (Å²) in [6.07, 6.45) is 1.44. The van der Waals surface area contributed by atoms with Gasteiger partial charge in [0.15, 0.2) is 0 Å². The Hall–Kier alpha value is -2.93. The fraction of sp³-hybridized carbons (Fsp3) is 0.278. The Balaban J connectivity index is 2.15. The van der Waals surface area contributed by atoms with Crippen LogP contribution in [0.15, 0.2) is 36.5 Å². The largest absolute Gasteiger partial charge is 0.491 e. The Morgan fingerprint density at radius 3 is 2.68 bits per heavy atom. The Labute approximate surface area is 145 Å². The average molecular weight is 344 g/mol. The minimum atomic E-state index is -0.482. The predicted octanol–water partition coefficient (Wildman–Crippen LogP) is 2.45. The molecule has 1 aromatic heterocycles. The van der Waals surface area contributed by atoms with E-state index in [0.717, 1.165) is 0 Å². The summed E-state index contributed by atoms with van der Waals surface area (Å²) in [6, 6.07) is 8.32. The van der Waals surface area contributed by atoms with Gasteiger partial charge in [0.2, 0.25) is 0 Å².